The fourth-order valence-corrected chi connectivity index (χ4v) is 3.90. The minimum Gasteiger partial charge on any atom is -0.490 e. The maximum atomic E-state index is 12.3. The number of fused-ring (bicyclic) bond motifs is 1. The molecule has 6 heteroatoms. The Bertz CT molecular complexity index is 1300. The predicted molar refractivity (Wildman–Crippen MR) is 135 cm³/mol. The monoisotopic (exact) mass is 502 g/mol. The third-order valence-corrected chi connectivity index (χ3v) is 5.72. The lowest BCUT2D eigenvalue weighted by Gasteiger charge is -2.13. The van der Waals surface area contributed by atoms with E-state index in [4.69, 9.17) is 9.47 Å². The van der Waals surface area contributed by atoms with Crippen LogP contribution in [0.5, 0.6) is 11.5 Å². The van der Waals surface area contributed by atoms with Gasteiger partial charge in [-0.3, -0.25) is 4.79 Å². The molecule has 0 radical (unpaired) electrons. The molecule has 166 valence electrons. The summed E-state index contributed by atoms with van der Waals surface area (Å²) >= 11 is 3.37. The van der Waals surface area contributed by atoms with Crippen LogP contribution in [-0.4, -0.2) is 18.7 Å². The minimum absolute atomic E-state index is 0.293. The zero-order chi connectivity index (χ0) is 23.0. The summed E-state index contributed by atoms with van der Waals surface area (Å²) < 4.78 is 12.6. The molecule has 0 heterocycles. The molecule has 33 heavy (non-hydrogen) atoms. The molecule has 0 bridgehead atoms. The Morgan fingerprint density at radius 3 is 2.58 bits per heavy atom. The van der Waals surface area contributed by atoms with Gasteiger partial charge in [0.1, 0.15) is 6.61 Å². The highest BCUT2D eigenvalue weighted by atomic mass is 79.9. The molecule has 0 aliphatic carbocycles. The number of hydrogen-bond donors (Lipinski definition) is 1. The average molecular weight is 503 g/mol. The third kappa shape index (κ3) is 5.59. The standard InChI is InChI=1S/C27H23BrN2O3/c1-2-32-26-16-19(17-29-30-27(31)23-12-5-6-13-24(23)28)14-15-25(26)33-18-21-10-7-9-20-8-3-4-11-22(20)21/h3-17H,2,18H2,1H3,(H,30,31). The maximum Gasteiger partial charge on any atom is 0.272 e. The van der Waals surface area contributed by atoms with E-state index in [0.29, 0.717) is 34.7 Å². The SMILES string of the molecule is CCOc1cc(C=NNC(=O)c2ccccc2Br)ccc1OCc1cccc2ccccc12. The molecule has 4 aromatic rings. The molecule has 0 aliphatic rings. The predicted octanol–water partition coefficient (Wildman–Crippen LogP) is 6.34. The van der Waals surface area contributed by atoms with Gasteiger partial charge in [-0.15, -0.1) is 0 Å². The molecule has 5 nitrogen and oxygen atoms in total. The van der Waals surface area contributed by atoms with E-state index in [-0.39, 0.29) is 5.91 Å². The van der Waals surface area contributed by atoms with Gasteiger partial charge in [-0.1, -0.05) is 54.6 Å². The van der Waals surface area contributed by atoms with Crippen molar-refractivity contribution in [1.29, 1.82) is 0 Å². The summed E-state index contributed by atoms with van der Waals surface area (Å²) in [6.07, 6.45) is 1.58. The van der Waals surface area contributed by atoms with Crippen LogP contribution in [0.15, 0.2) is 94.5 Å². The second-order valence-electron chi connectivity index (χ2n) is 7.25. The van der Waals surface area contributed by atoms with Crippen molar-refractivity contribution >= 4 is 38.8 Å². The number of carbonyl (C=O) groups excluding carboxylic acids is 1. The Balaban J connectivity index is 1.46. The van der Waals surface area contributed by atoms with Gasteiger partial charge in [0, 0.05) is 4.47 Å². The molecule has 0 saturated heterocycles. The molecule has 0 aliphatic heterocycles. The van der Waals surface area contributed by atoms with Gasteiger partial charge in [-0.05, 0) is 75.1 Å². The van der Waals surface area contributed by atoms with Crippen molar-refractivity contribution in [3.05, 3.63) is 106 Å². The molecule has 0 spiro atoms. The van der Waals surface area contributed by atoms with Gasteiger partial charge in [0.05, 0.1) is 18.4 Å². The number of nitrogens with one attached hydrogen (secondary N) is 1. The number of carbonyl (C=O) groups is 1. The number of nitrogens with zero attached hydrogens (tertiary/aromatic N) is 1. The van der Waals surface area contributed by atoms with Crippen LogP contribution >= 0.6 is 15.9 Å². The van der Waals surface area contributed by atoms with E-state index in [1.54, 1.807) is 18.3 Å². The van der Waals surface area contributed by atoms with E-state index in [9.17, 15) is 4.79 Å². The van der Waals surface area contributed by atoms with Crippen molar-refractivity contribution in [3.63, 3.8) is 0 Å². The fourth-order valence-electron chi connectivity index (χ4n) is 3.44. The Kier molecular flexibility index (Phi) is 7.37. The molecule has 4 aromatic carbocycles. The number of halogens is 1. The second-order valence-corrected chi connectivity index (χ2v) is 8.10. The summed E-state index contributed by atoms with van der Waals surface area (Å²) in [5.74, 6) is 0.983. The molecule has 1 amide bonds. The molecule has 4 rings (SSSR count). The first-order chi connectivity index (χ1) is 16.2. The van der Waals surface area contributed by atoms with Crippen LogP contribution in [-0.2, 0) is 6.61 Å². The fraction of sp³-hybridized carbons (Fsp3) is 0.111. The first kappa shape index (κ1) is 22.6. The third-order valence-electron chi connectivity index (χ3n) is 5.03. The molecule has 0 atom stereocenters. The van der Waals surface area contributed by atoms with E-state index in [0.717, 1.165) is 11.1 Å². The Morgan fingerprint density at radius 2 is 1.73 bits per heavy atom. The highest BCUT2D eigenvalue weighted by molar-refractivity contribution is 9.10. The molecule has 0 fully saturated rings. The van der Waals surface area contributed by atoms with Gasteiger partial charge >= 0.3 is 0 Å². The van der Waals surface area contributed by atoms with Crippen LogP contribution in [0.3, 0.4) is 0 Å². The number of hydrogen-bond acceptors (Lipinski definition) is 4. The molecule has 0 aromatic heterocycles. The number of rotatable bonds is 8. The normalized spacial score (nSPS) is 11.0. The zero-order valence-corrected chi connectivity index (χ0v) is 19.7. The first-order valence-electron chi connectivity index (χ1n) is 10.6. The van der Waals surface area contributed by atoms with Gasteiger partial charge in [0.25, 0.3) is 5.91 Å². The summed E-state index contributed by atoms with van der Waals surface area (Å²) in [6, 6.07) is 27.2. The summed E-state index contributed by atoms with van der Waals surface area (Å²) in [6.45, 7) is 2.86. The maximum absolute atomic E-state index is 12.3. The average Bonchev–Trinajstić information content (AvgIpc) is 2.84. The van der Waals surface area contributed by atoms with Gasteiger partial charge < -0.3 is 9.47 Å². The van der Waals surface area contributed by atoms with E-state index >= 15 is 0 Å². The van der Waals surface area contributed by atoms with Crippen molar-refractivity contribution in [2.24, 2.45) is 5.10 Å². The van der Waals surface area contributed by atoms with Gasteiger partial charge in [-0.2, -0.15) is 5.10 Å². The van der Waals surface area contributed by atoms with E-state index in [2.05, 4.69) is 50.7 Å². The number of benzene rings is 4. The van der Waals surface area contributed by atoms with Crippen LogP contribution in [0.2, 0.25) is 0 Å². The molecule has 1 N–H and O–H groups in total. The van der Waals surface area contributed by atoms with Crippen LogP contribution in [0.4, 0.5) is 0 Å². The lowest BCUT2D eigenvalue weighted by atomic mass is 10.1. The number of hydrazone groups is 1. The second kappa shape index (κ2) is 10.8. The van der Waals surface area contributed by atoms with Crippen molar-refractivity contribution in [2.75, 3.05) is 6.61 Å². The summed E-state index contributed by atoms with van der Waals surface area (Å²) in [7, 11) is 0. The van der Waals surface area contributed by atoms with Gasteiger partial charge in [-0.25, -0.2) is 5.43 Å². The van der Waals surface area contributed by atoms with E-state index in [1.807, 2.05) is 55.5 Å². The Hall–Kier alpha value is -3.64. The highest BCUT2D eigenvalue weighted by Crippen LogP contribution is 2.30. The molecule has 0 unspecified atom stereocenters. The lowest BCUT2D eigenvalue weighted by Crippen LogP contribution is -2.18. The molecular weight excluding hydrogens is 480 g/mol. The van der Waals surface area contributed by atoms with Crippen LogP contribution < -0.4 is 14.9 Å². The van der Waals surface area contributed by atoms with E-state index < -0.39 is 0 Å². The zero-order valence-electron chi connectivity index (χ0n) is 18.1. The topological polar surface area (TPSA) is 59.9 Å². The molecular formula is C27H23BrN2O3. The minimum atomic E-state index is -0.293. The van der Waals surface area contributed by atoms with E-state index in [1.165, 1.54) is 10.8 Å². The van der Waals surface area contributed by atoms with Gasteiger partial charge in [0.15, 0.2) is 11.5 Å². The smallest absolute Gasteiger partial charge is 0.272 e. The summed E-state index contributed by atoms with van der Waals surface area (Å²) in [5, 5.41) is 6.43. The summed E-state index contributed by atoms with van der Waals surface area (Å²) in [4.78, 5) is 12.3. The lowest BCUT2D eigenvalue weighted by molar-refractivity contribution is 0.0954. The van der Waals surface area contributed by atoms with Crippen molar-refractivity contribution < 1.29 is 14.3 Å². The number of ether oxygens (including phenoxy) is 2. The first-order valence-corrected chi connectivity index (χ1v) is 11.4. The largest absolute Gasteiger partial charge is 0.490 e. The number of amides is 1. The van der Waals surface area contributed by atoms with Crippen LogP contribution in [0, 0.1) is 0 Å². The summed E-state index contributed by atoms with van der Waals surface area (Å²) in [5.41, 5.74) is 4.95. The highest BCUT2D eigenvalue weighted by Gasteiger charge is 2.09. The Morgan fingerprint density at radius 1 is 0.939 bits per heavy atom. The van der Waals surface area contributed by atoms with Crippen LogP contribution in [0.1, 0.15) is 28.4 Å². The van der Waals surface area contributed by atoms with Gasteiger partial charge in [0.2, 0.25) is 0 Å². The van der Waals surface area contributed by atoms with Crippen LogP contribution in [0.25, 0.3) is 10.8 Å². The quantitative estimate of drug-likeness (QED) is 0.225. The van der Waals surface area contributed by atoms with Crippen molar-refractivity contribution in [1.82, 2.24) is 5.43 Å². The molecule has 0 saturated carbocycles. The van der Waals surface area contributed by atoms with Crippen molar-refractivity contribution in [3.8, 4) is 11.5 Å². The van der Waals surface area contributed by atoms with Crippen molar-refractivity contribution in [2.45, 2.75) is 13.5 Å². The Labute approximate surface area is 201 Å².